The van der Waals surface area contributed by atoms with E-state index in [2.05, 4.69) is 44.9 Å². The first-order chi connectivity index (χ1) is 12.8. The Bertz CT molecular complexity index is 979. The van der Waals surface area contributed by atoms with Crippen LogP contribution in [-0.2, 0) is 13.0 Å². The van der Waals surface area contributed by atoms with Crippen molar-refractivity contribution in [2.45, 2.75) is 25.9 Å². The molecule has 0 amide bonds. The molecular weight excluding hydrogens is 322 g/mol. The average Bonchev–Trinajstić information content (AvgIpc) is 3.11. The Morgan fingerprint density at radius 3 is 2.50 bits per heavy atom. The number of nitrogens with one attached hydrogen (secondary N) is 1. The van der Waals surface area contributed by atoms with Gasteiger partial charge in [0.05, 0.1) is 17.4 Å². The molecule has 0 bridgehead atoms. The highest BCUT2D eigenvalue weighted by Gasteiger charge is 2.15. The molecule has 26 heavy (non-hydrogen) atoms. The first kappa shape index (κ1) is 16.4. The first-order valence-corrected chi connectivity index (χ1v) is 8.77. The summed E-state index contributed by atoms with van der Waals surface area (Å²) in [5.74, 6) is 0. The minimum absolute atomic E-state index is 0.0806. The number of hydrogen-bond acceptors (Lipinski definition) is 4. The molecule has 5 heteroatoms. The monoisotopic (exact) mass is 343 g/mol. The van der Waals surface area contributed by atoms with E-state index < -0.39 is 0 Å². The molecule has 4 aromatic heterocycles. The SMILES string of the molecule is Cc1cccc2nc(CNC(Cc3ccccn3)c3ccccn3)cn12. The Balaban J connectivity index is 1.55. The second kappa shape index (κ2) is 7.45. The van der Waals surface area contributed by atoms with Gasteiger partial charge in [-0.2, -0.15) is 0 Å². The Hall–Kier alpha value is -3.05. The van der Waals surface area contributed by atoms with Crippen molar-refractivity contribution in [3.8, 4) is 0 Å². The van der Waals surface area contributed by atoms with Crippen LogP contribution in [0.5, 0.6) is 0 Å². The minimum Gasteiger partial charge on any atom is -0.304 e. The Kier molecular flexibility index (Phi) is 4.71. The van der Waals surface area contributed by atoms with Crippen molar-refractivity contribution in [3.05, 3.63) is 96.0 Å². The zero-order valence-corrected chi connectivity index (χ0v) is 14.7. The van der Waals surface area contributed by atoms with Gasteiger partial charge in [0.25, 0.3) is 0 Å². The molecule has 0 spiro atoms. The fourth-order valence-electron chi connectivity index (χ4n) is 3.10. The number of fused-ring (bicyclic) bond motifs is 1. The molecule has 5 nitrogen and oxygen atoms in total. The molecule has 130 valence electrons. The lowest BCUT2D eigenvalue weighted by molar-refractivity contribution is 0.510. The van der Waals surface area contributed by atoms with E-state index >= 15 is 0 Å². The zero-order chi connectivity index (χ0) is 17.8. The van der Waals surface area contributed by atoms with Crippen LogP contribution in [0.4, 0.5) is 0 Å². The van der Waals surface area contributed by atoms with Crippen LogP contribution in [0.15, 0.2) is 73.2 Å². The molecule has 1 atom stereocenters. The minimum atomic E-state index is 0.0806. The van der Waals surface area contributed by atoms with Gasteiger partial charge in [-0.05, 0) is 43.3 Å². The highest BCUT2D eigenvalue weighted by atomic mass is 15.0. The lowest BCUT2D eigenvalue weighted by Crippen LogP contribution is -2.24. The quantitative estimate of drug-likeness (QED) is 0.582. The third-order valence-corrected chi connectivity index (χ3v) is 4.46. The highest BCUT2D eigenvalue weighted by molar-refractivity contribution is 5.41. The maximum Gasteiger partial charge on any atom is 0.137 e. The third kappa shape index (κ3) is 3.63. The molecule has 0 saturated heterocycles. The fourth-order valence-corrected chi connectivity index (χ4v) is 3.10. The normalized spacial score (nSPS) is 12.3. The van der Waals surface area contributed by atoms with Gasteiger partial charge >= 0.3 is 0 Å². The summed E-state index contributed by atoms with van der Waals surface area (Å²) in [7, 11) is 0. The molecule has 1 N–H and O–H groups in total. The molecule has 0 radical (unpaired) electrons. The van der Waals surface area contributed by atoms with Gasteiger partial charge < -0.3 is 9.72 Å². The molecule has 4 rings (SSSR count). The van der Waals surface area contributed by atoms with Gasteiger partial charge in [-0.15, -0.1) is 0 Å². The molecule has 0 aliphatic heterocycles. The van der Waals surface area contributed by atoms with Gasteiger partial charge in [0.15, 0.2) is 0 Å². The summed E-state index contributed by atoms with van der Waals surface area (Å²) in [6.45, 7) is 2.76. The van der Waals surface area contributed by atoms with Crippen LogP contribution in [0.3, 0.4) is 0 Å². The number of aromatic nitrogens is 4. The summed E-state index contributed by atoms with van der Waals surface area (Å²) in [6, 6.07) is 18.2. The lowest BCUT2D eigenvalue weighted by Gasteiger charge is -2.17. The number of aryl methyl sites for hydroxylation is 1. The summed E-state index contributed by atoms with van der Waals surface area (Å²) in [6.07, 6.45) is 6.53. The molecular formula is C21H21N5. The summed E-state index contributed by atoms with van der Waals surface area (Å²) in [5.41, 5.74) is 5.22. The van der Waals surface area contributed by atoms with E-state index in [0.717, 1.165) is 29.1 Å². The second-order valence-corrected chi connectivity index (χ2v) is 6.34. The van der Waals surface area contributed by atoms with E-state index in [9.17, 15) is 0 Å². The maximum atomic E-state index is 4.71. The van der Waals surface area contributed by atoms with E-state index in [1.807, 2.05) is 54.9 Å². The second-order valence-electron chi connectivity index (χ2n) is 6.34. The standard InChI is InChI=1S/C21H21N5/c1-16-7-6-10-21-25-18(15-26(16)21)14-24-20(19-9-3-5-12-23-19)13-17-8-2-4-11-22-17/h2-12,15,20,24H,13-14H2,1H3. The van der Waals surface area contributed by atoms with Crippen molar-refractivity contribution in [1.82, 2.24) is 24.7 Å². The van der Waals surface area contributed by atoms with Gasteiger partial charge in [-0.1, -0.05) is 18.2 Å². The summed E-state index contributed by atoms with van der Waals surface area (Å²) in [4.78, 5) is 13.7. The predicted octanol–water partition coefficient (Wildman–Crippen LogP) is 3.51. The van der Waals surface area contributed by atoms with Crippen LogP contribution in [-0.4, -0.2) is 19.4 Å². The molecule has 0 aliphatic rings. The van der Waals surface area contributed by atoms with Gasteiger partial charge in [-0.25, -0.2) is 4.98 Å². The van der Waals surface area contributed by atoms with Crippen molar-refractivity contribution in [1.29, 1.82) is 0 Å². The number of nitrogens with zero attached hydrogens (tertiary/aromatic N) is 4. The van der Waals surface area contributed by atoms with Crippen LogP contribution < -0.4 is 5.32 Å². The van der Waals surface area contributed by atoms with Crippen LogP contribution >= 0.6 is 0 Å². The van der Waals surface area contributed by atoms with E-state index in [0.29, 0.717) is 6.54 Å². The molecule has 0 fully saturated rings. The number of imidazole rings is 1. The van der Waals surface area contributed by atoms with Crippen molar-refractivity contribution in [3.63, 3.8) is 0 Å². The van der Waals surface area contributed by atoms with Crippen LogP contribution in [0.1, 0.15) is 28.8 Å². The van der Waals surface area contributed by atoms with Crippen LogP contribution in [0, 0.1) is 6.92 Å². The third-order valence-electron chi connectivity index (χ3n) is 4.46. The first-order valence-electron chi connectivity index (χ1n) is 8.77. The zero-order valence-electron chi connectivity index (χ0n) is 14.7. The largest absolute Gasteiger partial charge is 0.304 e. The molecule has 0 saturated carbocycles. The summed E-state index contributed by atoms with van der Waals surface area (Å²) >= 11 is 0. The molecule has 4 heterocycles. The Morgan fingerprint density at radius 2 is 1.77 bits per heavy atom. The molecule has 4 aromatic rings. The smallest absolute Gasteiger partial charge is 0.137 e. The summed E-state index contributed by atoms with van der Waals surface area (Å²) in [5, 5.41) is 3.60. The van der Waals surface area contributed by atoms with Crippen LogP contribution in [0.25, 0.3) is 5.65 Å². The molecule has 1 unspecified atom stereocenters. The van der Waals surface area contributed by atoms with E-state index in [-0.39, 0.29) is 6.04 Å². The van der Waals surface area contributed by atoms with Gasteiger partial charge in [0.2, 0.25) is 0 Å². The fraction of sp³-hybridized carbons (Fsp3) is 0.190. The van der Waals surface area contributed by atoms with Crippen molar-refractivity contribution in [2.75, 3.05) is 0 Å². The van der Waals surface area contributed by atoms with E-state index in [4.69, 9.17) is 4.98 Å². The predicted molar refractivity (Wildman–Crippen MR) is 102 cm³/mol. The highest BCUT2D eigenvalue weighted by Crippen LogP contribution is 2.16. The van der Waals surface area contributed by atoms with Crippen molar-refractivity contribution < 1.29 is 0 Å². The van der Waals surface area contributed by atoms with Crippen molar-refractivity contribution in [2.24, 2.45) is 0 Å². The average molecular weight is 343 g/mol. The van der Waals surface area contributed by atoms with Gasteiger partial charge in [0.1, 0.15) is 5.65 Å². The van der Waals surface area contributed by atoms with Crippen LogP contribution in [0.2, 0.25) is 0 Å². The van der Waals surface area contributed by atoms with Gasteiger partial charge in [-0.3, -0.25) is 9.97 Å². The maximum absolute atomic E-state index is 4.71. The number of pyridine rings is 3. The van der Waals surface area contributed by atoms with E-state index in [1.54, 1.807) is 0 Å². The van der Waals surface area contributed by atoms with E-state index in [1.165, 1.54) is 5.69 Å². The molecule has 0 aromatic carbocycles. The number of rotatable bonds is 6. The van der Waals surface area contributed by atoms with Gasteiger partial charge in [0, 0.05) is 42.9 Å². The Labute approximate surface area is 152 Å². The summed E-state index contributed by atoms with van der Waals surface area (Å²) < 4.78 is 2.12. The van der Waals surface area contributed by atoms with Crippen molar-refractivity contribution >= 4 is 5.65 Å². The Morgan fingerprint density at radius 1 is 0.923 bits per heavy atom. The molecule has 0 aliphatic carbocycles. The topological polar surface area (TPSA) is 55.1 Å². The lowest BCUT2D eigenvalue weighted by atomic mass is 10.1. The number of hydrogen-bond donors (Lipinski definition) is 1.